The standard InChI is InChI=1S/C15H13FN2OS/c16-11-8-10(5-6-12(11)17)18-15(19)14-7-9-3-1-2-4-13(9)20-14/h1-6,8,14H,7,17H2,(H,18,19). The highest BCUT2D eigenvalue weighted by molar-refractivity contribution is 8.01. The number of carbonyl (C=O) groups is 1. The van der Waals surface area contributed by atoms with Crippen molar-refractivity contribution >= 4 is 29.0 Å². The lowest BCUT2D eigenvalue weighted by Crippen LogP contribution is -2.24. The van der Waals surface area contributed by atoms with Gasteiger partial charge in [-0.05, 0) is 36.2 Å². The van der Waals surface area contributed by atoms with Crippen molar-refractivity contribution < 1.29 is 9.18 Å². The van der Waals surface area contributed by atoms with E-state index in [1.807, 2.05) is 24.3 Å². The number of anilines is 2. The average molecular weight is 288 g/mol. The van der Waals surface area contributed by atoms with Crippen LogP contribution in [0.4, 0.5) is 15.8 Å². The lowest BCUT2D eigenvalue weighted by Gasteiger charge is -2.10. The van der Waals surface area contributed by atoms with Gasteiger partial charge in [0.1, 0.15) is 5.82 Å². The van der Waals surface area contributed by atoms with E-state index in [1.54, 1.807) is 17.8 Å². The Kier molecular flexibility index (Phi) is 3.36. The molecule has 0 radical (unpaired) electrons. The normalized spacial score (nSPS) is 16.8. The molecule has 0 aromatic heterocycles. The maximum absolute atomic E-state index is 13.3. The number of hydrogen-bond acceptors (Lipinski definition) is 3. The van der Waals surface area contributed by atoms with Crippen molar-refractivity contribution in [2.24, 2.45) is 0 Å². The van der Waals surface area contributed by atoms with Gasteiger partial charge >= 0.3 is 0 Å². The van der Waals surface area contributed by atoms with Crippen LogP contribution in [0.15, 0.2) is 47.4 Å². The maximum atomic E-state index is 13.3. The molecule has 2 aromatic rings. The van der Waals surface area contributed by atoms with E-state index >= 15 is 0 Å². The van der Waals surface area contributed by atoms with E-state index in [9.17, 15) is 9.18 Å². The first-order valence-electron chi connectivity index (χ1n) is 6.24. The van der Waals surface area contributed by atoms with Crippen LogP contribution in [0.5, 0.6) is 0 Å². The number of carbonyl (C=O) groups excluding carboxylic acids is 1. The second-order valence-electron chi connectivity index (χ2n) is 4.64. The number of hydrogen-bond donors (Lipinski definition) is 2. The molecule has 0 bridgehead atoms. The van der Waals surface area contributed by atoms with E-state index in [0.717, 1.165) is 4.90 Å². The molecule has 0 aliphatic carbocycles. The Morgan fingerprint density at radius 1 is 1.30 bits per heavy atom. The van der Waals surface area contributed by atoms with Crippen LogP contribution >= 0.6 is 11.8 Å². The lowest BCUT2D eigenvalue weighted by molar-refractivity contribution is -0.115. The average Bonchev–Trinajstić information content (AvgIpc) is 2.87. The third kappa shape index (κ3) is 2.49. The van der Waals surface area contributed by atoms with Crippen molar-refractivity contribution in [1.82, 2.24) is 0 Å². The molecule has 1 unspecified atom stereocenters. The fourth-order valence-electron chi connectivity index (χ4n) is 2.16. The lowest BCUT2D eigenvalue weighted by atomic mass is 10.1. The van der Waals surface area contributed by atoms with Crippen molar-refractivity contribution in [3.63, 3.8) is 0 Å². The van der Waals surface area contributed by atoms with Gasteiger partial charge < -0.3 is 11.1 Å². The molecular weight excluding hydrogens is 275 g/mol. The summed E-state index contributed by atoms with van der Waals surface area (Å²) in [5.41, 5.74) is 7.09. The summed E-state index contributed by atoms with van der Waals surface area (Å²) in [5.74, 6) is -0.638. The number of nitrogens with two attached hydrogens (primary N) is 1. The molecule has 0 spiro atoms. The highest BCUT2D eigenvalue weighted by atomic mass is 32.2. The summed E-state index contributed by atoms with van der Waals surface area (Å²) in [5, 5.41) is 2.56. The Hall–Kier alpha value is -2.01. The number of rotatable bonds is 2. The minimum Gasteiger partial charge on any atom is -0.396 e. The molecule has 3 rings (SSSR count). The summed E-state index contributed by atoms with van der Waals surface area (Å²) in [6.45, 7) is 0. The molecule has 0 fully saturated rings. The number of nitrogen functional groups attached to an aromatic ring is 1. The smallest absolute Gasteiger partial charge is 0.238 e. The van der Waals surface area contributed by atoms with Crippen LogP contribution in [0.1, 0.15) is 5.56 Å². The number of benzene rings is 2. The van der Waals surface area contributed by atoms with Gasteiger partial charge in [0, 0.05) is 10.6 Å². The molecule has 0 saturated carbocycles. The van der Waals surface area contributed by atoms with Gasteiger partial charge in [0.05, 0.1) is 10.9 Å². The predicted octanol–water partition coefficient (Wildman–Crippen LogP) is 3.06. The van der Waals surface area contributed by atoms with Crippen LogP contribution in [0, 0.1) is 5.82 Å². The van der Waals surface area contributed by atoms with Crippen LogP contribution in [-0.2, 0) is 11.2 Å². The first-order valence-corrected chi connectivity index (χ1v) is 7.12. The van der Waals surface area contributed by atoms with Gasteiger partial charge in [0.2, 0.25) is 5.91 Å². The number of nitrogens with one attached hydrogen (secondary N) is 1. The van der Waals surface area contributed by atoms with E-state index in [-0.39, 0.29) is 16.8 Å². The summed E-state index contributed by atoms with van der Waals surface area (Å²) in [4.78, 5) is 13.3. The molecule has 1 heterocycles. The molecule has 2 aromatic carbocycles. The van der Waals surface area contributed by atoms with Gasteiger partial charge in [-0.25, -0.2) is 4.39 Å². The first kappa shape index (κ1) is 13.0. The van der Waals surface area contributed by atoms with E-state index < -0.39 is 5.82 Å². The highest BCUT2D eigenvalue weighted by Gasteiger charge is 2.28. The van der Waals surface area contributed by atoms with Gasteiger partial charge in [-0.1, -0.05) is 18.2 Å². The minimum atomic E-state index is -0.523. The SMILES string of the molecule is Nc1ccc(NC(=O)C2Cc3ccccc3S2)cc1F. The van der Waals surface area contributed by atoms with E-state index in [0.29, 0.717) is 12.1 Å². The largest absolute Gasteiger partial charge is 0.396 e. The zero-order valence-corrected chi connectivity index (χ0v) is 11.4. The summed E-state index contributed by atoms with van der Waals surface area (Å²) >= 11 is 1.54. The first-order chi connectivity index (χ1) is 9.63. The molecular formula is C15H13FN2OS. The van der Waals surface area contributed by atoms with Crippen LogP contribution in [-0.4, -0.2) is 11.2 Å². The molecule has 102 valence electrons. The van der Waals surface area contributed by atoms with Crippen LogP contribution in [0.3, 0.4) is 0 Å². The molecule has 1 atom stereocenters. The Labute approximate surface area is 120 Å². The summed E-state index contributed by atoms with van der Waals surface area (Å²) in [7, 11) is 0. The number of fused-ring (bicyclic) bond motifs is 1. The fourth-order valence-corrected chi connectivity index (χ4v) is 3.35. The van der Waals surface area contributed by atoms with E-state index in [2.05, 4.69) is 5.32 Å². The second-order valence-corrected chi connectivity index (χ2v) is 5.89. The topological polar surface area (TPSA) is 55.1 Å². The van der Waals surface area contributed by atoms with Crippen molar-refractivity contribution in [2.45, 2.75) is 16.6 Å². The van der Waals surface area contributed by atoms with Crippen LogP contribution < -0.4 is 11.1 Å². The number of thioether (sulfide) groups is 1. The van der Waals surface area contributed by atoms with E-state index in [1.165, 1.54) is 17.7 Å². The van der Waals surface area contributed by atoms with Gasteiger partial charge in [-0.2, -0.15) is 0 Å². The van der Waals surface area contributed by atoms with Crippen molar-refractivity contribution in [3.8, 4) is 0 Å². The van der Waals surface area contributed by atoms with Crippen molar-refractivity contribution in [2.75, 3.05) is 11.1 Å². The Balaban J connectivity index is 1.71. The third-order valence-corrected chi connectivity index (χ3v) is 4.53. The summed E-state index contributed by atoms with van der Waals surface area (Å²) in [6, 6.07) is 12.2. The Morgan fingerprint density at radius 2 is 2.10 bits per heavy atom. The predicted molar refractivity (Wildman–Crippen MR) is 79.2 cm³/mol. The molecule has 1 aliphatic heterocycles. The highest BCUT2D eigenvalue weighted by Crippen LogP contribution is 2.37. The Bertz CT molecular complexity index is 650. The minimum absolute atomic E-state index is 0.0747. The van der Waals surface area contributed by atoms with Gasteiger partial charge in [0.25, 0.3) is 0 Å². The van der Waals surface area contributed by atoms with Crippen molar-refractivity contribution in [1.29, 1.82) is 0 Å². The quantitative estimate of drug-likeness (QED) is 0.835. The maximum Gasteiger partial charge on any atom is 0.238 e. The second kappa shape index (κ2) is 5.17. The zero-order valence-electron chi connectivity index (χ0n) is 10.6. The van der Waals surface area contributed by atoms with Gasteiger partial charge in [0.15, 0.2) is 0 Å². The molecule has 1 amide bonds. The monoisotopic (exact) mass is 288 g/mol. The summed E-state index contributed by atoms with van der Waals surface area (Å²) in [6.07, 6.45) is 0.699. The molecule has 0 saturated heterocycles. The molecule has 3 nitrogen and oxygen atoms in total. The molecule has 1 aliphatic rings. The van der Waals surface area contributed by atoms with Crippen molar-refractivity contribution in [3.05, 3.63) is 53.8 Å². The summed E-state index contributed by atoms with van der Waals surface area (Å²) < 4.78 is 13.3. The van der Waals surface area contributed by atoms with Gasteiger partial charge in [-0.15, -0.1) is 11.8 Å². The van der Waals surface area contributed by atoms with Crippen LogP contribution in [0.2, 0.25) is 0 Å². The molecule has 3 N–H and O–H groups in total. The number of amides is 1. The van der Waals surface area contributed by atoms with Crippen LogP contribution in [0.25, 0.3) is 0 Å². The molecule has 5 heteroatoms. The number of halogens is 1. The molecule has 20 heavy (non-hydrogen) atoms. The Morgan fingerprint density at radius 3 is 2.85 bits per heavy atom. The fraction of sp³-hybridized carbons (Fsp3) is 0.133. The third-order valence-electron chi connectivity index (χ3n) is 3.21. The zero-order chi connectivity index (χ0) is 14.1. The van der Waals surface area contributed by atoms with E-state index in [4.69, 9.17) is 5.73 Å². The van der Waals surface area contributed by atoms with Gasteiger partial charge in [-0.3, -0.25) is 4.79 Å².